The third-order valence-electron chi connectivity index (χ3n) is 5.00. The van der Waals surface area contributed by atoms with Crippen LogP contribution in [0.5, 0.6) is 0 Å². The highest BCUT2D eigenvalue weighted by Crippen LogP contribution is 2.32. The second kappa shape index (κ2) is 7.82. The molecule has 1 aromatic carbocycles. The van der Waals surface area contributed by atoms with Crippen LogP contribution < -0.4 is 5.32 Å². The highest BCUT2D eigenvalue weighted by atomic mass is 32.2. The standard InChI is InChI=1S/C19H21N5O2S2/c25-17(10-14-12-27-19-20-3-4-24(14)19)22-18-21-15-2-1-13(9-16(15)28-18)11-23-5-7-26-8-6-23/h1-2,9,12H,3-8,10-11H2,(H,21,22,25). The summed E-state index contributed by atoms with van der Waals surface area (Å²) in [4.78, 5) is 26.0. The van der Waals surface area contributed by atoms with E-state index in [0.29, 0.717) is 11.6 Å². The summed E-state index contributed by atoms with van der Waals surface area (Å²) in [5.41, 5.74) is 3.22. The minimum atomic E-state index is -0.0346. The van der Waals surface area contributed by atoms with Crippen molar-refractivity contribution in [1.82, 2.24) is 14.8 Å². The zero-order valence-corrected chi connectivity index (χ0v) is 17.0. The Bertz CT molecular complexity index is 964. The Hall–Kier alpha value is -1.94. The molecule has 0 spiro atoms. The number of thioether (sulfide) groups is 1. The molecule has 2 aromatic rings. The van der Waals surface area contributed by atoms with E-state index in [2.05, 4.69) is 37.2 Å². The van der Waals surface area contributed by atoms with Gasteiger partial charge in [0.05, 0.1) is 36.4 Å². The molecule has 1 fully saturated rings. The average molecular weight is 416 g/mol. The van der Waals surface area contributed by atoms with Crippen LogP contribution in [0.3, 0.4) is 0 Å². The fraction of sp³-hybridized carbons (Fsp3) is 0.421. The number of benzene rings is 1. The maximum absolute atomic E-state index is 12.5. The Kier molecular flexibility index (Phi) is 5.06. The number of anilines is 1. The summed E-state index contributed by atoms with van der Waals surface area (Å²) in [6.07, 6.45) is 0.351. The smallest absolute Gasteiger partial charge is 0.232 e. The molecule has 0 radical (unpaired) electrons. The molecule has 0 unspecified atom stereocenters. The SMILES string of the molecule is O=C(CC1=CSC2=NCCN12)Nc1nc2ccc(CN3CCOCC3)cc2s1. The van der Waals surface area contributed by atoms with Crippen molar-refractivity contribution in [1.29, 1.82) is 0 Å². The maximum Gasteiger partial charge on any atom is 0.232 e. The molecule has 9 heteroatoms. The number of rotatable bonds is 5. The fourth-order valence-electron chi connectivity index (χ4n) is 3.58. The van der Waals surface area contributed by atoms with Gasteiger partial charge in [-0.1, -0.05) is 29.2 Å². The molecule has 0 atom stereocenters. The van der Waals surface area contributed by atoms with Crippen molar-refractivity contribution in [3.63, 3.8) is 0 Å². The summed E-state index contributed by atoms with van der Waals surface area (Å²) in [7, 11) is 0. The maximum atomic E-state index is 12.5. The van der Waals surface area contributed by atoms with Gasteiger partial charge in [0.1, 0.15) is 0 Å². The molecule has 5 rings (SSSR count). The van der Waals surface area contributed by atoms with E-state index in [1.165, 1.54) is 16.9 Å². The Morgan fingerprint density at radius 2 is 2.14 bits per heavy atom. The fourth-order valence-corrected chi connectivity index (χ4v) is 5.48. The Morgan fingerprint density at radius 3 is 3.04 bits per heavy atom. The van der Waals surface area contributed by atoms with Gasteiger partial charge in [0, 0.05) is 31.9 Å². The first kappa shape index (κ1) is 18.1. The summed E-state index contributed by atoms with van der Waals surface area (Å²) in [5.74, 6) is -0.0346. The second-order valence-corrected chi connectivity index (χ2v) is 8.84. The topological polar surface area (TPSA) is 70.1 Å². The highest BCUT2D eigenvalue weighted by Gasteiger charge is 2.27. The lowest BCUT2D eigenvalue weighted by molar-refractivity contribution is -0.115. The molecule has 0 bridgehead atoms. The van der Waals surface area contributed by atoms with Gasteiger partial charge in [0.15, 0.2) is 10.3 Å². The first-order valence-electron chi connectivity index (χ1n) is 9.42. The average Bonchev–Trinajstić information content (AvgIpc) is 3.39. The molecule has 28 heavy (non-hydrogen) atoms. The first-order valence-corrected chi connectivity index (χ1v) is 11.1. The molecular weight excluding hydrogens is 394 g/mol. The number of carbonyl (C=O) groups is 1. The van der Waals surface area contributed by atoms with Crippen molar-refractivity contribution in [2.75, 3.05) is 44.7 Å². The van der Waals surface area contributed by atoms with Crippen LogP contribution in [0.15, 0.2) is 34.3 Å². The molecule has 146 valence electrons. The molecule has 4 heterocycles. The van der Waals surface area contributed by atoms with Gasteiger partial charge < -0.3 is 15.0 Å². The van der Waals surface area contributed by atoms with Crippen LogP contribution in [0.25, 0.3) is 10.2 Å². The minimum absolute atomic E-state index is 0.0346. The number of morpholine rings is 1. The number of nitrogens with one attached hydrogen (secondary N) is 1. The Labute approximate surface area is 171 Å². The van der Waals surface area contributed by atoms with E-state index in [9.17, 15) is 4.79 Å². The van der Waals surface area contributed by atoms with E-state index in [0.717, 1.165) is 67.0 Å². The predicted octanol–water partition coefficient (Wildman–Crippen LogP) is 2.72. The molecule has 0 saturated carbocycles. The lowest BCUT2D eigenvalue weighted by Crippen LogP contribution is -2.35. The third kappa shape index (κ3) is 3.80. The quantitative estimate of drug-likeness (QED) is 0.810. The van der Waals surface area contributed by atoms with Crippen LogP contribution in [-0.4, -0.2) is 65.3 Å². The molecule has 3 aliphatic rings. The van der Waals surface area contributed by atoms with Crippen LogP contribution in [0.4, 0.5) is 5.13 Å². The number of aromatic nitrogens is 1. The molecule has 1 amide bonds. The van der Waals surface area contributed by atoms with Crippen molar-refractivity contribution in [2.45, 2.75) is 13.0 Å². The summed E-state index contributed by atoms with van der Waals surface area (Å²) < 4.78 is 6.52. The van der Waals surface area contributed by atoms with Gasteiger partial charge in [0.25, 0.3) is 0 Å². The Morgan fingerprint density at radius 1 is 1.25 bits per heavy atom. The zero-order chi connectivity index (χ0) is 18.9. The second-order valence-electron chi connectivity index (χ2n) is 6.98. The van der Waals surface area contributed by atoms with E-state index < -0.39 is 0 Å². The van der Waals surface area contributed by atoms with Gasteiger partial charge >= 0.3 is 0 Å². The van der Waals surface area contributed by atoms with Crippen LogP contribution in [0, 0.1) is 0 Å². The molecule has 3 aliphatic heterocycles. The van der Waals surface area contributed by atoms with Gasteiger partial charge in [-0.2, -0.15) is 0 Å². The number of amidine groups is 1. The molecule has 1 saturated heterocycles. The minimum Gasteiger partial charge on any atom is -0.379 e. The van der Waals surface area contributed by atoms with Crippen LogP contribution in [0.2, 0.25) is 0 Å². The summed E-state index contributed by atoms with van der Waals surface area (Å²) in [6, 6.07) is 6.35. The van der Waals surface area contributed by atoms with E-state index in [4.69, 9.17) is 4.74 Å². The monoisotopic (exact) mass is 415 g/mol. The molecule has 0 aliphatic carbocycles. The van der Waals surface area contributed by atoms with Crippen molar-refractivity contribution in [3.8, 4) is 0 Å². The van der Waals surface area contributed by atoms with E-state index in [1.54, 1.807) is 11.8 Å². The lowest BCUT2D eigenvalue weighted by atomic mass is 10.2. The summed E-state index contributed by atoms with van der Waals surface area (Å²) >= 11 is 3.13. The van der Waals surface area contributed by atoms with Crippen LogP contribution in [0.1, 0.15) is 12.0 Å². The summed E-state index contributed by atoms with van der Waals surface area (Å²) in [5, 5.41) is 6.65. The molecule has 1 N–H and O–H groups in total. The number of nitrogens with zero attached hydrogens (tertiary/aromatic N) is 4. The highest BCUT2D eigenvalue weighted by molar-refractivity contribution is 8.16. The molecule has 7 nitrogen and oxygen atoms in total. The number of aliphatic imine (C=N–C) groups is 1. The van der Waals surface area contributed by atoms with Gasteiger partial charge in [-0.15, -0.1) is 0 Å². The van der Waals surface area contributed by atoms with Gasteiger partial charge in [-0.3, -0.25) is 14.7 Å². The van der Waals surface area contributed by atoms with Crippen LogP contribution in [-0.2, 0) is 16.1 Å². The van der Waals surface area contributed by atoms with Gasteiger partial charge in [-0.05, 0) is 23.1 Å². The number of ether oxygens (including phenoxy) is 1. The normalized spacial score (nSPS) is 19.6. The first-order chi connectivity index (χ1) is 13.7. The Balaban J connectivity index is 1.23. The number of hydrogen-bond donors (Lipinski definition) is 1. The number of hydrogen-bond acceptors (Lipinski definition) is 8. The van der Waals surface area contributed by atoms with E-state index in [-0.39, 0.29) is 5.91 Å². The zero-order valence-electron chi connectivity index (χ0n) is 15.4. The van der Waals surface area contributed by atoms with Crippen molar-refractivity contribution in [2.24, 2.45) is 4.99 Å². The van der Waals surface area contributed by atoms with Crippen molar-refractivity contribution >= 4 is 49.5 Å². The van der Waals surface area contributed by atoms with E-state index in [1.807, 2.05) is 11.5 Å². The van der Waals surface area contributed by atoms with Crippen molar-refractivity contribution < 1.29 is 9.53 Å². The lowest BCUT2D eigenvalue weighted by Gasteiger charge is -2.26. The third-order valence-corrected chi connectivity index (χ3v) is 6.88. The number of amides is 1. The number of fused-ring (bicyclic) bond motifs is 2. The molecular formula is C19H21N5O2S2. The number of thiazole rings is 1. The summed E-state index contributed by atoms with van der Waals surface area (Å²) in [6.45, 7) is 6.15. The number of carbonyl (C=O) groups excluding carboxylic acids is 1. The predicted molar refractivity (Wildman–Crippen MR) is 114 cm³/mol. The van der Waals surface area contributed by atoms with Gasteiger partial charge in [-0.25, -0.2) is 4.98 Å². The van der Waals surface area contributed by atoms with Gasteiger partial charge in [0.2, 0.25) is 5.91 Å². The van der Waals surface area contributed by atoms with E-state index >= 15 is 0 Å². The van der Waals surface area contributed by atoms with Crippen molar-refractivity contribution in [3.05, 3.63) is 34.9 Å². The molecule has 1 aromatic heterocycles. The van der Waals surface area contributed by atoms with Crippen LogP contribution >= 0.6 is 23.1 Å². The largest absolute Gasteiger partial charge is 0.379 e.